The average Bonchev–Trinajstić information content (AvgIpc) is 3.08. The van der Waals surface area contributed by atoms with Crippen LogP contribution < -0.4 is 10.9 Å². The van der Waals surface area contributed by atoms with Gasteiger partial charge in [-0.15, -0.1) is 11.3 Å². The molecule has 0 saturated heterocycles. The molecule has 0 fully saturated rings. The van der Waals surface area contributed by atoms with Crippen molar-refractivity contribution in [2.75, 3.05) is 5.32 Å². The number of fused-ring (bicyclic) bond motifs is 1. The molecule has 29 heavy (non-hydrogen) atoms. The van der Waals surface area contributed by atoms with Gasteiger partial charge in [0.1, 0.15) is 11.4 Å². The van der Waals surface area contributed by atoms with Crippen LogP contribution in [0.2, 0.25) is 5.02 Å². The predicted octanol–water partition coefficient (Wildman–Crippen LogP) is 5.03. The van der Waals surface area contributed by atoms with Crippen LogP contribution in [0.5, 0.6) is 0 Å². The summed E-state index contributed by atoms with van der Waals surface area (Å²) in [5.74, 6) is -0.321. The van der Waals surface area contributed by atoms with Crippen LogP contribution >= 0.6 is 22.9 Å². The number of aryl methyl sites for hydroxylation is 2. The molecule has 2 aromatic heterocycles. The summed E-state index contributed by atoms with van der Waals surface area (Å²) < 4.78 is 1.34. The SMILES string of the molecule is Cc1ccc(-c2csc3ncn(CC(=O)Nc4cccc(Cl)c4)c(=O)c23)c(C)c1. The number of rotatable bonds is 4. The number of nitrogens with zero attached hydrogens (tertiary/aromatic N) is 2. The van der Waals surface area contributed by atoms with Gasteiger partial charge in [0.15, 0.2) is 0 Å². The van der Waals surface area contributed by atoms with Gasteiger partial charge in [0.2, 0.25) is 5.91 Å². The van der Waals surface area contributed by atoms with Gasteiger partial charge in [-0.3, -0.25) is 14.2 Å². The number of halogens is 1. The number of aromatic nitrogens is 2. The fraction of sp³-hybridized carbons (Fsp3) is 0.136. The quantitative estimate of drug-likeness (QED) is 0.500. The number of hydrogen-bond donors (Lipinski definition) is 1. The van der Waals surface area contributed by atoms with E-state index < -0.39 is 0 Å². The van der Waals surface area contributed by atoms with Crippen LogP contribution in [0.25, 0.3) is 21.3 Å². The first kappa shape index (κ1) is 19.4. The van der Waals surface area contributed by atoms with Crippen molar-refractivity contribution in [1.29, 1.82) is 0 Å². The van der Waals surface area contributed by atoms with Crippen molar-refractivity contribution >= 4 is 44.7 Å². The second kappa shape index (κ2) is 7.81. The molecule has 2 aromatic carbocycles. The first-order chi connectivity index (χ1) is 13.9. The lowest BCUT2D eigenvalue weighted by molar-refractivity contribution is -0.116. The highest BCUT2D eigenvalue weighted by Gasteiger charge is 2.16. The second-order valence-electron chi connectivity index (χ2n) is 6.88. The molecule has 0 bridgehead atoms. The van der Waals surface area contributed by atoms with E-state index in [1.807, 2.05) is 31.4 Å². The Labute approximate surface area is 176 Å². The fourth-order valence-electron chi connectivity index (χ4n) is 3.32. The molecule has 0 saturated carbocycles. The molecule has 0 spiro atoms. The molecule has 0 aliphatic rings. The van der Waals surface area contributed by atoms with Gasteiger partial charge in [0, 0.05) is 21.7 Å². The van der Waals surface area contributed by atoms with Crippen molar-refractivity contribution < 1.29 is 4.79 Å². The van der Waals surface area contributed by atoms with Crippen LogP contribution in [0.15, 0.2) is 59.0 Å². The Kier molecular flexibility index (Phi) is 5.22. The summed E-state index contributed by atoms with van der Waals surface area (Å²) in [7, 11) is 0. The van der Waals surface area contributed by atoms with Crippen LogP contribution in [-0.4, -0.2) is 15.5 Å². The number of anilines is 1. The van der Waals surface area contributed by atoms with Gasteiger partial charge in [-0.25, -0.2) is 4.98 Å². The van der Waals surface area contributed by atoms with E-state index in [0.29, 0.717) is 20.9 Å². The lowest BCUT2D eigenvalue weighted by Gasteiger charge is -2.09. The zero-order valence-corrected chi connectivity index (χ0v) is 17.5. The fourth-order valence-corrected chi connectivity index (χ4v) is 4.40. The van der Waals surface area contributed by atoms with Crippen molar-refractivity contribution in [2.45, 2.75) is 20.4 Å². The minimum Gasteiger partial charge on any atom is -0.324 e. The molecule has 4 rings (SSSR count). The highest BCUT2D eigenvalue weighted by Crippen LogP contribution is 2.33. The molecule has 0 atom stereocenters. The molecular formula is C22H18ClN3O2S. The van der Waals surface area contributed by atoms with Crippen molar-refractivity contribution in [1.82, 2.24) is 9.55 Å². The number of benzene rings is 2. The van der Waals surface area contributed by atoms with E-state index in [0.717, 1.165) is 16.7 Å². The molecule has 1 amide bonds. The minimum atomic E-state index is -0.321. The molecule has 0 aliphatic carbocycles. The van der Waals surface area contributed by atoms with E-state index in [1.54, 1.807) is 24.3 Å². The predicted molar refractivity (Wildman–Crippen MR) is 119 cm³/mol. The third-order valence-electron chi connectivity index (χ3n) is 4.66. The van der Waals surface area contributed by atoms with Gasteiger partial charge in [-0.2, -0.15) is 0 Å². The molecule has 1 N–H and O–H groups in total. The van der Waals surface area contributed by atoms with E-state index in [9.17, 15) is 9.59 Å². The summed E-state index contributed by atoms with van der Waals surface area (Å²) in [6.07, 6.45) is 1.42. The highest BCUT2D eigenvalue weighted by atomic mass is 35.5. The topological polar surface area (TPSA) is 64.0 Å². The summed E-state index contributed by atoms with van der Waals surface area (Å²) >= 11 is 7.38. The van der Waals surface area contributed by atoms with Gasteiger partial charge < -0.3 is 5.32 Å². The zero-order valence-electron chi connectivity index (χ0n) is 15.9. The molecule has 2 heterocycles. The van der Waals surface area contributed by atoms with E-state index in [2.05, 4.69) is 16.4 Å². The van der Waals surface area contributed by atoms with E-state index in [4.69, 9.17) is 11.6 Å². The lowest BCUT2D eigenvalue weighted by atomic mass is 9.99. The highest BCUT2D eigenvalue weighted by molar-refractivity contribution is 7.17. The lowest BCUT2D eigenvalue weighted by Crippen LogP contribution is -2.27. The Bertz CT molecular complexity index is 1290. The van der Waals surface area contributed by atoms with Gasteiger partial charge in [0.25, 0.3) is 5.56 Å². The monoisotopic (exact) mass is 423 g/mol. The first-order valence-electron chi connectivity index (χ1n) is 9.02. The molecule has 0 radical (unpaired) electrons. The van der Waals surface area contributed by atoms with Crippen molar-refractivity contribution in [3.05, 3.63) is 80.7 Å². The normalized spacial score (nSPS) is 11.0. The summed E-state index contributed by atoms with van der Waals surface area (Å²) in [5.41, 5.74) is 4.47. The number of carbonyl (C=O) groups excluding carboxylic acids is 1. The number of amides is 1. The molecule has 0 unspecified atom stereocenters. The van der Waals surface area contributed by atoms with Crippen molar-refractivity contribution in [2.24, 2.45) is 0 Å². The van der Waals surface area contributed by atoms with Gasteiger partial charge in [-0.1, -0.05) is 41.4 Å². The van der Waals surface area contributed by atoms with E-state index >= 15 is 0 Å². The van der Waals surface area contributed by atoms with E-state index in [1.165, 1.54) is 27.8 Å². The van der Waals surface area contributed by atoms with Crippen LogP contribution in [0, 0.1) is 13.8 Å². The maximum Gasteiger partial charge on any atom is 0.263 e. The summed E-state index contributed by atoms with van der Waals surface area (Å²) in [4.78, 5) is 30.6. The van der Waals surface area contributed by atoms with Crippen LogP contribution in [0.3, 0.4) is 0 Å². The first-order valence-corrected chi connectivity index (χ1v) is 10.3. The molecule has 5 nitrogen and oxygen atoms in total. The van der Waals surface area contributed by atoms with Gasteiger partial charge >= 0.3 is 0 Å². The Morgan fingerprint density at radius 2 is 2.00 bits per heavy atom. The van der Waals surface area contributed by atoms with Gasteiger partial charge in [0.05, 0.1) is 11.7 Å². The number of nitrogens with one attached hydrogen (secondary N) is 1. The summed E-state index contributed by atoms with van der Waals surface area (Å²) in [5, 5.41) is 5.77. The smallest absolute Gasteiger partial charge is 0.263 e. The minimum absolute atomic E-state index is 0.129. The summed E-state index contributed by atoms with van der Waals surface area (Å²) in [6, 6.07) is 13.0. The number of thiophene rings is 1. The Morgan fingerprint density at radius 1 is 1.17 bits per heavy atom. The number of hydrogen-bond acceptors (Lipinski definition) is 4. The maximum atomic E-state index is 13.1. The standard InChI is InChI=1S/C22H18ClN3O2S/c1-13-6-7-17(14(2)8-13)18-11-29-21-20(18)22(28)26(12-24-21)10-19(27)25-16-5-3-4-15(23)9-16/h3-9,11-12H,10H2,1-2H3,(H,25,27). The molecule has 4 aromatic rings. The van der Waals surface area contributed by atoms with Gasteiger partial charge in [-0.05, 0) is 43.2 Å². The van der Waals surface area contributed by atoms with Crippen molar-refractivity contribution in [3.63, 3.8) is 0 Å². The Morgan fingerprint density at radius 3 is 2.76 bits per heavy atom. The van der Waals surface area contributed by atoms with Crippen molar-refractivity contribution in [3.8, 4) is 11.1 Å². The average molecular weight is 424 g/mol. The zero-order chi connectivity index (χ0) is 20.5. The van der Waals surface area contributed by atoms with Crippen LogP contribution in [-0.2, 0) is 11.3 Å². The number of carbonyl (C=O) groups is 1. The maximum absolute atomic E-state index is 13.1. The molecule has 146 valence electrons. The third-order valence-corrected chi connectivity index (χ3v) is 5.78. The van der Waals surface area contributed by atoms with Crippen LogP contribution in [0.1, 0.15) is 11.1 Å². The second-order valence-corrected chi connectivity index (χ2v) is 8.18. The third kappa shape index (κ3) is 3.95. The molecular weight excluding hydrogens is 406 g/mol. The van der Waals surface area contributed by atoms with E-state index in [-0.39, 0.29) is 18.0 Å². The Hall–Kier alpha value is -2.96. The Balaban J connectivity index is 1.69. The van der Waals surface area contributed by atoms with Crippen LogP contribution in [0.4, 0.5) is 5.69 Å². The summed E-state index contributed by atoms with van der Waals surface area (Å²) in [6.45, 7) is 3.94. The molecule has 7 heteroatoms. The largest absolute Gasteiger partial charge is 0.324 e. The molecule has 0 aliphatic heterocycles.